The highest BCUT2D eigenvalue weighted by Crippen LogP contribution is 2.39. The van der Waals surface area contributed by atoms with Crippen molar-refractivity contribution in [3.63, 3.8) is 0 Å². The Morgan fingerprint density at radius 3 is 2.91 bits per heavy atom. The van der Waals surface area contributed by atoms with Gasteiger partial charge in [0, 0.05) is 35.5 Å². The summed E-state index contributed by atoms with van der Waals surface area (Å²) in [6.07, 6.45) is 4.41. The van der Waals surface area contributed by atoms with E-state index in [2.05, 4.69) is 20.9 Å². The molecule has 0 fully saturated rings. The van der Waals surface area contributed by atoms with Gasteiger partial charge in [0.1, 0.15) is 12.4 Å². The molecule has 0 bridgehead atoms. The Morgan fingerprint density at radius 1 is 1.38 bits per heavy atom. The molecule has 3 rings (SSSR count). The lowest BCUT2D eigenvalue weighted by molar-refractivity contribution is -0.116. The molecule has 0 saturated carbocycles. The van der Waals surface area contributed by atoms with Gasteiger partial charge in [-0.2, -0.15) is 0 Å². The maximum absolute atomic E-state index is 14.6. The van der Waals surface area contributed by atoms with Gasteiger partial charge < -0.3 is 26.1 Å². The van der Waals surface area contributed by atoms with Gasteiger partial charge in [0.05, 0.1) is 17.8 Å². The molecule has 0 spiro atoms. The number of benzene rings is 1. The number of ether oxygens (including phenoxy) is 1. The van der Waals surface area contributed by atoms with Crippen LogP contribution < -0.4 is 20.7 Å². The summed E-state index contributed by atoms with van der Waals surface area (Å²) in [6, 6.07) is 5.99. The van der Waals surface area contributed by atoms with Gasteiger partial charge in [-0.15, -0.1) is 0 Å². The van der Waals surface area contributed by atoms with E-state index < -0.39 is 5.82 Å². The van der Waals surface area contributed by atoms with E-state index in [9.17, 15) is 9.18 Å². The molecule has 0 aliphatic carbocycles. The molecule has 2 heterocycles. The van der Waals surface area contributed by atoms with Crippen molar-refractivity contribution in [2.24, 2.45) is 0 Å². The molecule has 1 aromatic carbocycles. The minimum absolute atomic E-state index is 0.180. The van der Waals surface area contributed by atoms with E-state index in [1.54, 1.807) is 25.3 Å². The molecular formula is C23H25ClFN5O2. The van der Waals surface area contributed by atoms with E-state index in [1.807, 2.05) is 6.92 Å². The number of halogens is 2. The molecule has 1 aromatic heterocycles. The van der Waals surface area contributed by atoms with Crippen molar-refractivity contribution >= 4 is 35.1 Å². The molecule has 2 aromatic rings. The summed E-state index contributed by atoms with van der Waals surface area (Å²) in [5.74, 6) is 0.168. The molecule has 1 amide bonds. The number of anilines is 1. The lowest BCUT2D eigenvalue weighted by Gasteiger charge is -2.23. The lowest BCUT2D eigenvalue weighted by Crippen LogP contribution is -2.31. The van der Waals surface area contributed by atoms with Gasteiger partial charge in [-0.25, -0.2) is 9.37 Å². The average molecular weight is 458 g/mol. The zero-order valence-electron chi connectivity index (χ0n) is 17.9. The standard InChI is InChI=1S/C23H25ClFN5O2/c1-3-14(10-15(13-26)23(31)29-7-6-27-2)17-12-20(18-11-16(24)4-5-19(18)25)30-22-21(17)32-9-8-28-22/h3-5,10-13,26-27H,6-9H2,1-2H3,(H,28,30)(H,29,31)/b14-3+,15-10+,26-13?. The number of pyridine rings is 1. The Labute approximate surface area is 191 Å². The van der Waals surface area contributed by atoms with Gasteiger partial charge in [0.2, 0.25) is 0 Å². The van der Waals surface area contributed by atoms with Crippen LogP contribution in [0.25, 0.3) is 16.8 Å². The smallest absolute Gasteiger partial charge is 0.252 e. The lowest BCUT2D eigenvalue weighted by atomic mass is 9.99. The minimum Gasteiger partial charge on any atom is -0.487 e. The summed E-state index contributed by atoms with van der Waals surface area (Å²) in [6.45, 7) is 3.85. The first-order valence-corrected chi connectivity index (χ1v) is 10.5. The fourth-order valence-corrected chi connectivity index (χ4v) is 3.40. The van der Waals surface area contributed by atoms with Crippen LogP contribution in [-0.2, 0) is 4.79 Å². The maximum Gasteiger partial charge on any atom is 0.252 e. The summed E-state index contributed by atoms with van der Waals surface area (Å²) in [7, 11) is 1.79. The van der Waals surface area contributed by atoms with Crippen molar-refractivity contribution in [2.75, 3.05) is 38.6 Å². The quantitative estimate of drug-likeness (QED) is 0.210. The highest BCUT2D eigenvalue weighted by molar-refractivity contribution is 6.30. The van der Waals surface area contributed by atoms with Gasteiger partial charge in [-0.1, -0.05) is 17.7 Å². The van der Waals surface area contributed by atoms with Crippen LogP contribution in [-0.4, -0.2) is 50.4 Å². The van der Waals surface area contributed by atoms with Gasteiger partial charge in [-0.05, 0) is 49.9 Å². The van der Waals surface area contributed by atoms with Crippen LogP contribution in [0.4, 0.5) is 10.2 Å². The van der Waals surface area contributed by atoms with Gasteiger partial charge >= 0.3 is 0 Å². The number of likely N-dealkylation sites (N-methyl/N-ethyl adjacent to an activating group) is 1. The van der Waals surface area contributed by atoms with E-state index in [0.717, 1.165) is 6.21 Å². The zero-order chi connectivity index (χ0) is 23.1. The summed E-state index contributed by atoms with van der Waals surface area (Å²) in [5, 5.41) is 17.0. The van der Waals surface area contributed by atoms with E-state index in [1.165, 1.54) is 18.2 Å². The van der Waals surface area contributed by atoms with Gasteiger partial charge in [0.25, 0.3) is 5.91 Å². The number of carbonyl (C=O) groups excluding carboxylic acids is 1. The molecule has 1 aliphatic rings. The van der Waals surface area contributed by atoms with E-state index >= 15 is 0 Å². The normalized spacial score (nSPS) is 13.6. The first-order valence-electron chi connectivity index (χ1n) is 10.2. The van der Waals surface area contributed by atoms with Crippen LogP contribution in [0.2, 0.25) is 5.02 Å². The van der Waals surface area contributed by atoms with Crippen LogP contribution in [0, 0.1) is 11.2 Å². The second-order valence-electron chi connectivity index (χ2n) is 6.98. The van der Waals surface area contributed by atoms with Gasteiger partial charge in [-0.3, -0.25) is 4.79 Å². The number of rotatable bonds is 8. The van der Waals surface area contributed by atoms with E-state index in [0.29, 0.717) is 59.7 Å². The molecule has 168 valence electrons. The first-order chi connectivity index (χ1) is 15.5. The summed E-state index contributed by atoms with van der Waals surface area (Å²) in [5.41, 5.74) is 2.07. The van der Waals surface area contributed by atoms with Crippen LogP contribution in [0.1, 0.15) is 12.5 Å². The topological polar surface area (TPSA) is 99.1 Å². The SMILES string of the molecule is C/C=C(\C=C(/C=N)C(=O)NCCNC)c1cc(-c2cc(Cl)ccc2F)nc2c1OCCN2. The molecule has 0 unspecified atom stereocenters. The third kappa shape index (κ3) is 5.33. The Balaban J connectivity index is 2.09. The first kappa shape index (κ1) is 23.4. The van der Waals surface area contributed by atoms with E-state index in [-0.39, 0.29) is 17.0 Å². The molecule has 0 atom stereocenters. The summed E-state index contributed by atoms with van der Waals surface area (Å²) in [4.78, 5) is 17.0. The predicted molar refractivity (Wildman–Crippen MR) is 126 cm³/mol. The number of nitrogens with one attached hydrogen (secondary N) is 4. The number of aromatic nitrogens is 1. The fourth-order valence-electron chi connectivity index (χ4n) is 3.23. The monoisotopic (exact) mass is 457 g/mol. The Morgan fingerprint density at radius 2 is 2.19 bits per heavy atom. The molecule has 7 nitrogen and oxygen atoms in total. The number of amides is 1. The molecule has 0 saturated heterocycles. The molecule has 0 radical (unpaired) electrons. The second-order valence-corrected chi connectivity index (χ2v) is 7.42. The number of hydrogen-bond donors (Lipinski definition) is 4. The summed E-state index contributed by atoms with van der Waals surface area (Å²) < 4.78 is 20.4. The van der Waals surface area contributed by atoms with Gasteiger partial charge in [0.15, 0.2) is 11.6 Å². The Bertz CT molecular complexity index is 1080. The highest BCUT2D eigenvalue weighted by atomic mass is 35.5. The predicted octanol–water partition coefficient (Wildman–Crippen LogP) is 3.66. The number of allylic oxidation sites excluding steroid dienone is 3. The Kier molecular flexibility index (Phi) is 7.97. The minimum atomic E-state index is -0.453. The molecule has 9 heteroatoms. The molecular weight excluding hydrogens is 433 g/mol. The molecule has 32 heavy (non-hydrogen) atoms. The Hall–Kier alpha value is -3.23. The largest absolute Gasteiger partial charge is 0.487 e. The van der Waals surface area contributed by atoms with Crippen molar-refractivity contribution in [1.29, 1.82) is 5.41 Å². The van der Waals surface area contributed by atoms with Crippen molar-refractivity contribution < 1.29 is 13.9 Å². The van der Waals surface area contributed by atoms with Crippen molar-refractivity contribution in [2.45, 2.75) is 6.92 Å². The van der Waals surface area contributed by atoms with Crippen LogP contribution in [0.5, 0.6) is 5.75 Å². The number of hydrogen-bond acceptors (Lipinski definition) is 6. The second kappa shape index (κ2) is 10.9. The highest BCUT2D eigenvalue weighted by Gasteiger charge is 2.22. The van der Waals surface area contributed by atoms with Crippen LogP contribution in [0.3, 0.4) is 0 Å². The van der Waals surface area contributed by atoms with Crippen molar-refractivity contribution in [3.05, 3.63) is 58.4 Å². The molecule has 1 aliphatic heterocycles. The van der Waals surface area contributed by atoms with Crippen molar-refractivity contribution in [1.82, 2.24) is 15.6 Å². The van der Waals surface area contributed by atoms with Crippen molar-refractivity contribution in [3.8, 4) is 17.0 Å². The number of carbonyl (C=O) groups is 1. The number of nitrogens with zero attached hydrogens (tertiary/aromatic N) is 1. The fraction of sp³-hybridized carbons (Fsp3) is 0.261. The number of fused-ring (bicyclic) bond motifs is 1. The summed E-state index contributed by atoms with van der Waals surface area (Å²) >= 11 is 6.08. The zero-order valence-corrected chi connectivity index (χ0v) is 18.6. The third-order valence-corrected chi connectivity index (χ3v) is 5.06. The average Bonchev–Trinajstić information content (AvgIpc) is 2.81. The van der Waals surface area contributed by atoms with Crippen LogP contribution >= 0.6 is 11.6 Å². The van der Waals surface area contributed by atoms with E-state index in [4.69, 9.17) is 21.7 Å². The maximum atomic E-state index is 14.6. The third-order valence-electron chi connectivity index (χ3n) is 4.83. The molecule has 4 N–H and O–H groups in total. The van der Waals surface area contributed by atoms with Crippen LogP contribution in [0.15, 0.2) is 42.0 Å².